The van der Waals surface area contributed by atoms with Crippen LogP contribution in [0.5, 0.6) is 0 Å². The molecule has 2 aromatic carbocycles. The minimum Gasteiger partial charge on any atom is -0.459 e. The summed E-state index contributed by atoms with van der Waals surface area (Å²) in [6, 6.07) is 15.5. The zero-order chi connectivity index (χ0) is 20.4. The lowest BCUT2D eigenvalue weighted by atomic mass is 10.1. The van der Waals surface area contributed by atoms with Crippen LogP contribution in [-0.4, -0.2) is 27.4 Å². The molecule has 1 aromatic heterocycles. The lowest BCUT2D eigenvalue weighted by Gasteiger charge is -2.17. The Bertz CT molecular complexity index is 1140. The maximum Gasteiger partial charge on any atom is 0.291 e. The molecule has 0 unspecified atom stereocenters. The SMILES string of the molecule is CCN1CCc2ccc(NC(=O)c3occc3CS(=O)(=O)c3ccccc3)cc21. The summed E-state index contributed by atoms with van der Waals surface area (Å²) in [6.07, 6.45) is 2.34. The predicted octanol–water partition coefficient (Wildman–Crippen LogP) is 3.89. The molecule has 2 heterocycles. The van der Waals surface area contributed by atoms with Crippen LogP contribution in [0.1, 0.15) is 28.6 Å². The quantitative estimate of drug-likeness (QED) is 0.667. The number of nitrogens with zero attached hydrogens (tertiary/aromatic N) is 1. The molecule has 0 radical (unpaired) electrons. The largest absolute Gasteiger partial charge is 0.459 e. The fraction of sp³-hybridized carbons (Fsp3) is 0.227. The summed E-state index contributed by atoms with van der Waals surface area (Å²) in [5.41, 5.74) is 3.37. The lowest BCUT2D eigenvalue weighted by Crippen LogP contribution is -2.19. The molecule has 3 aromatic rings. The Morgan fingerprint density at radius 1 is 1.14 bits per heavy atom. The van der Waals surface area contributed by atoms with Gasteiger partial charge in [0, 0.05) is 30.0 Å². The molecule has 0 fully saturated rings. The van der Waals surface area contributed by atoms with Crippen LogP contribution in [0, 0.1) is 0 Å². The van der Waals surface area contributed by atoms with Gasteiger partial charge in [-0.2, -0.15) is 0 Å². The highest BCUT2D eigenvalue weighted by atomic mass is 32.2. The molecule has 0 bridgehead atoms. The first-order chi connectivity index (χ1) is 14.0. The second kappa shape index (κ2) is 7.75. The van der Waals surface area contributed by atoms with Crippen LogP contribution in [-0.2, 0) is 22.0 Å². The molecule has 1 N–H and O–H groups in total. The van der Waals surface area contributed by atoms with Crippen molar-refractivity contribution in [2.24, 2.45) is 0 Å². The first-order valence-corrected chi connectivity index (χ1v) is 11.2. The Labute approximate surface area is 170 Å². The van der Waals surface area contributed by atoms with Gasteiger partial charge < -0.3 is 14.6 Å². The molecule has 0 spiro atoms. The molecule has 0 saturated heterocycles. The Balaban J connectivity index is 1.54. The van der Waals surface area contributed by atoms with Gasteiger partial charge in [0.1, 0.15) is 0 Å². The number of likely N-dealkylation sites (N-methyl/N-ethyl adjacent to an activating group) is 1. The molecule has 4 rings (SSSR count). The lowest BCUT2D eigenvalue weighted by molar-refractivity contribution is 0.0996. The van der Waals surface area contributed by atoms with Gasteiger partial charge in [0.2, 0.25) is 0 Å². The minimum atomic E-state index is -3.58. The van der Waals surface area contributed by atoms with Crippen molar-refractivity contribution in [1.29, 1.82) is 0 Å². The summed E-state index contributed by atoms with van der Waals surface area (Å²) in [7, 11) is -3.58. The van der Waals surface area contributed by atoms with E-state index >= 15 is 0 Å². The van der Waals surface area contributed by atoms with Crippen LogP contribution in [0.3, 0.4) is 0 Å². The summed E-state index contributed by atoms with van der Waals surface area (Å²) in [5, 5.41) is 2.83. The zero-order valence-corrected chi connectivity index (χ0v) is 16.9. The number of anilines is 2. The highest BCUT2D eigenvalue weighted by Crippen LogP contribution is 2.31. The molecule has 29 heavy (non-hydrogen) atoms. The van der Waals surface area contributed by atoms with Crippen LogP contribution >= 0.6 is 0 Å². The third kappa shape index (κ3) is 3.91. The summed E-state index contributed by atoms with van der Waals surface area (Å²) in [6.45, 7) is 3.98. The highest BCUT2D eigenvalue weighted by molar-refractivity contribution is 7.90. The van der Waals surface area contributed by atoms with Crippen molar-refractivity contribution >= 4 is 27.1 Å². The third-order valence-electron chi connectivity index (χ3n) is 5.12. The molecular formula is C22H22N2O4S. The van der Waals surface area contributed by atoms with Crippen LogP contribution in [0.25, 0.3) is 0 Å². The number of nitrogens with one attached hydrogen (secondary N) is 1. The monoisotopic (exact) mass is 410 g/mol. The van der Waals surface area contributed by atoms with Crippen LogP contribution in [0.2, 0.25) is 0 Å². The van der Waals surface area contributed by atoms with E-state index in [0.717, 1.165) is 25.2 Å². The van der Waals surface area contributed by atoms with Crippen molar-refractivity contribution in [2.45, 2.75) is 24.0 Å². The van der Waals surface area contributed by atoms with E-state index in [9.17, 15) is 13.2 Å². The van der Waals surface area contributed by atoms with Gasteiger partial charge in [-0.3, -0.25) is 4.79 Å². The average Bonchev–Trinajstić information content (AvgIpc) is 3.34. The number of hydrogen-bond acceptors (Lipinski definition) is 5. The second-order valence-electron chi connectivity index (χ2n) is 6.97. The van der Waals surface area contributed by atoms with E-state index in [1.807, 2.05) is 18.2 Å². The standard InChI is InChI=1S/C22H22N2O4S/c1-2-24-12-10-16-8-9-18(14-20(16)24)23-22(25)21-17(11-13-28-21)15-29(26,27)19-6-4-3-5-7-19/h3-9,11,13-14H,2,10,12,15H2,1H3,(H,23,25). The van der Waals surface area contributed by atoms with E-state index < -0.39 is 15.7 Å². The van der Waals surface area contributed by atoms with Gasteiger partial charge in [-0.05, 0) is 49.2 Å². The third-order valence-corrected chi connectivity index (χ3v) is 6.80. The molecule has 6 nitrogen and oxygen atoms in total. The maximum absolute atomic E-state index is 12.8. The Kier molecular flexibility index (Phi) is 5.15. The van der Waals surface area contributed by atoms with Crippen molar-refractivity contribution in [3.8, 4) is 0 Å². The number of furan rings is 1. The Hall–Kier alpha value is -3.06. The van der Waals surface area contributed by atoms with E-state index in [-0.39, 0.29) is 16.4 Å². The van der Waals surface area contributed by atoms with Gasteiger partial charge >= 0.3 is 0 Å². The van der Waals surface area contributed by atoms with Gasteiger partial charge in [-0.15, -0.1) is 0 Å². The first-order valence-electron chi connectivity index (χ1n) is 9.51. The molecule has 1 aliphatic rings. The van der Waals surface area contributed by atoms with Crippen LogP contribution in [0.15, 0.2) is 70.2 Å². The number of sulfone groups is 1. The fourth-order valence-corrected chi connectivity index (χ4v) is 4.98. The Morgan fingerprint density at radius 2 is 1.93 bits per heavy atom. The number of benzene rings is 2. The summed E-state index contributed by atoms with van der Waals surface area (Å²) in [4.78, 5) is 15.2. The van der Waals surface area contributed by atoms with Gasteiger partial charge in [0.25, 0.3) is 5.91 Å². The maximum atomic E-state index is 12.8. The summed E-state index contributed by atoms with van der Waals surface area (Å²) in [5.74, 6) is -0.754. The average molecular weight is 410 g/mol. The highest BCUT2D eigenvalue weighted by Gasteiger charge is 2.23. The molecule has 150 valence electrons. The van der Waals surface area contributed by atoms with Crippen molar-refractivity contribution in [3.05, 3.63) is 77.7 Å². The smallest absolute Gasteiger partial charge is 0.291 e. The molecule has 7 heteroatoms. The van der Waals surface area contributed by atoms with Crippen molar-refractivity contribution < 1.29 is 17.6 Å². The van der Waals surface area contributed by atoms with Crippen molar-refractivity contribution in [1.82, 2.24) is 0 Å². The van der Waals surface area contributed by atoms with Gasteiger partial charge in [0.05, 0.1) is 16.9 Å². The van der Waals surface area contributed by atoms with E-state index in [2.05, 4.69) is 17.1 Å². The van der Waals surface area contributed by atoms with Crippen LogP contribution < -0.4 is 10.2 Å². The minimum absolute atomic E-state index is 0.0114. The number of fused-ring (bicyclic) bond motifs is 1. The molecule has 0 aliphatic carbocycles. The number of carbonyl (C=O) groups is 1. The zero-order valence-electron chi connectivity index (χ0n) is 16.1. The van der Waals surface area contributed by atoms with E-state index in [4.69, 9.17) is 4.42 Å². The Morgan fingerprint density at radius 3 is 2.69 bits per heavy atom. The van der Waals surface area contributed by atoms with Gasteiger partial charge in [0.15, 0.2) is 15.6 Å². The fourth-order valence-electron chi connectivity index (χ4n) is 3.60. The van der Waals surface area contributed by atoms with E-state index in [0.29, 0.717) is 11.3 Å². The second-order valence-corrected chi connectivity index (χ2v) is 8.96. The topological polar surface area (TPSA) is 79.6 Å². The normalized spacial score (nSPS) is 13.3. The number of rotatable bonds is 6. The molecule has 1 aliphatic heterocycles. The number of amides is 1. The number of hydrogen-bond donors (Lipinski definition) is 1. The van der Waals surface area contributed by atoms with Crippen molar-refractivity contribution in [2.75, 3.05) is 23.3 Å². The molecule has 0 saturated carbocycles. The molecule has 0 atom stereocenters. The van der Waals surface area contributed by atoms with Gasteiger partial charge in [-0.1, -0.05) is 24.3 Å². The van der Waals surface area contributed by atoms with E-state index in [1.54, 1.807) is 30.3 Å². The summed E-state index contributed by atoms with van der Waals surface area (Å²) >= 11 is 0. The summed E-state index contributed by atoms with van der Waals surface area (Å²) < 4.78 is 30.6. The molecular weight excluding hydrogens is 388 g/mol. The van der Waals surface area contributed by atoms with Crippen molar-refractivity contribution in [3.63, 3.8) is 0 Å². The predicted molar refractivity (Wildman–Crippen MR) is 112 cm³/mol. The molecule has 1 amide bonds. The van der Waals surface area contributed by atoms with Gasteiger partial charge in [-0.25, -0.2) is 8.42 Å². The number of carbonyl (C=O) groups excluding carboxylic acids is 1. The first kappa shape index (κ1) is 19.3. The van der Waals surface area contributed by atoms with E-state index in [1.165, 1.54) is 17.9 Å². The van der Waals surface area contributed by atoms with Crippen LogP contribution in [0.4, 0.5) is 11.4 Å².